The summed E-state index contributed by atoms with van der Waals surface area (Å²) in [6.45, 7) is 0.417. The van der Waals surface area contributed by atoms with Crippen LogP contribution < -0.4 is 5.32 Å². The van der Waals surface area contributed by atoms with E-state index in [0.29, 0.717) is 39.9 Å². The molecule has 1 aromatic heterocycles. The lowest BCUT2D eigenvalue weighted by Gasteiger charge is -2.07. The molecule has 0 saturated carbocycles. The van der Waals surface area contributed by atoms with E-state index in [0.717, 1.165) is 5.69 Å². The molecule has 0 aliphatic heterocycles. The third kappa shape index (κ3) is 4.58. The van der Waals surface area contributed by atoms with Gasteiger partial charge in [0.25, 0.3) is 5.76 Å². The minimum Gasteiger partial charge on any atom is -0.463 e. The van der Waals surface area contributed by atoms with Crippen molar-refractivity contribution in [3.63, 3.8) is 0 Å². The Bertz CT molecular complexity index is 577. The Labute approximate surface area is 129 Å². The van der Waals surface area contributed by atoms with E-state index in [1.54, 1.807) is 30.3 Å². The van der Waals surface area contributed by atoms with Crippen LogP contribution in [0.5, 0.6) is 0 Å². The topological polar surface area (TPSA) is 25.2 Å². The van der Waals surface area contributed by atoms with Crippen molar-refractivity contribution in [3.05, 3.63) is 51.9 Å². The van der Waals surface area contributed by atoms with Gasteiger partial charge >= 0.3 is 0 Å². The Morgan fingerprint density at radius 1 is 1.15 bits per heavy atom. The molecule has 0 bridgehead atoms. The van der Waals surface area contributed by atoms with Crippen LogP contribution in [0.25, 0.3) is 0 Å². The normalized spacial score (nSPS) is 11.1. The Balaban J connectivity index is 1.90. The van der Waals surface area contributed by atoms with Gasteiger partial charge in [0.05, 0.1) is 23.0 Å². The molecule has 0 amide bonds. The number of nitrogens with one attached hydrogen (secondary N) is 1. The van der Waals surface area contributed by atoms with Crippen LogP contribution in [0.3, 0.4) is 0 Å². The maximum Gasteiger partial charge on any atom is 0.284 e. The van der Waals surface area contributed by atoms with E-state index in [2.05, 4.69) is 5.32 Å². The molecule has 0 radical (unpaired) electrons. The quantitative estimate of drug-likeness (QED) is 0.736. The maximum atomic E-state index is 12.1. The van der Waals surface area contributed by atoms with Crippen LogP contribution in [-0.4, -0.2) is 5.76 Å². The van der Waals surface area contributed by atoms with E-state index in [9.17, 15) is 8.78 Å². The summed E-state index contributed by atoms with van der Waals surface area (Å²) in [5.74, 6) is -1.07. The first-order valence-electron chi connectivity index (χ1n) is 5.71. The van der Waals surface area contributed by atoms with Crippen LogP contribution in [0.4, 0.5) is 14.5 Å². The maximum absolute atomic E-state index is 12.1. The lowest BCUT2D eigenvalue weighted by Crippen LogP contribution is -1.98. The second-order valence-electron chi connectivity index (χ2n) is 3.92. The van der Waals surface area contributed by atoms with E-state index in [-0.39, 0.29) is 5.75 Å². The van der Waals surface area contributed by atoms with E-state index in [1.807, 2.05) is 0 Å². The summed E-state index contributed by atoms with van der Waals surface area (Å²) >= 11 is 12.4. The first-order chi connectivity index (χ1) is 9.54. The SMILES string of the molecule is FC(F)SCc1ccc(CNc2ccc(Cl)cc2Cl)o1. The first kappa shape index (κ1) is 15.5. The lowest BCUT2D eigenvalue weighted by molar-refractivity contribution is 0.251. The van der Waals surface area contributed by atoms with Crippen molar-refractivity contribution in [2.45, 2.75) is 18.1 Å². The third-order valence-corrected chi connectivity index (χ3v) is 3.70. The van der Waals surface area contributed by atoms with Gasteiger partial charge in [-0.25, -0.2) is 0 Å². The van der Waals surface area contributed by atoms with Gasteiger partial charge in [0.1, 0.15) is 11.5 Å². The summed E-state index contributed by atoms with van der Waals surface area (Å²) in [5, 5.41) is 4.17. The number of furan rings is 1. The van der Waals surface area contributed by atoms with Crippen LogP contribution in [0, 0.1) is 0 Å². The first-order valence-corrected chi connectivity index (χ1v) is 7.51. The second-order valence-corrected chi connectivity index (χ2v) is 5.74. The predicted molar refractivity (Wildman–Crippen MR) is 79.8 cm³/mol. The van der Waals surface area contributed by atoms with Gasteiger partial charge in [-0.1, -0.05) is 35.0 Å². The highest BCUT2D eigenvalue weighted by Crippen LogP contribution is 2.26. The van der Waals surface area contributed by atoms with Crippen molar-refractivity contribution in [2.24, 2.45) is 0 Å². The number of alkyl halides is 2. The second kappa shape index (κ2) is 7.20. The lowest BCUT2D eigenvalue weighted by atomic mass is 10.3. The average Bonchev–Trinajstić information content (AvgIpc) is 2.83. The summed E-state index contributed by atoms with van der Waals surface area (Å²) in [7, 11) is 0. The van der Waals surface area contributed by atoms with E-state index < -0.39 is 5.76 Å². The average molecular weight is 338 g/mol. The molecule has 0 saturated heterocycles. The van der Waals surface area contributed by atoms with Gasteiger partial charge in [-0.2, -0.15) is 8.78 Å². The summed E-state index contributed by atoms with van der Waals surface area (Å²) in [6, 6.07) is 8.57. The monoisotopic (exact) mass is 337 g/mol. The fourth-order valence-corrected chi connectivity index (χ4v) is 2.48. The number of thioether (sulfide) groups is 1. The van der Waals surface area contributed by atoms with Crippen molar-refractivity contribution in [1.29, 1.82) is 0 Å². The molecule has 0 fully saturated rings. The van der Waals surface area contributed by atoms with Crippen molar-refractivity contribution >= 4 is 40.7 Å². The third-order valence-electron chi connectivity index (χ3n) is 2.45. The highest BCUT2D eigenvalue weighted by Gasteiger charge is 2.08. The molecule has 20 heavy (non-hydrogen) atoms. The number of hydrogen-bond donors (Lipinski definition) is 1. The molecule has 1 aromatic carbocycles. The molecule has 0 spiro atoms. The minimum absolute atomic E-state index is 0.152. The molecular weight excluding hydrogens is 327 g/mol. The van der Waals surface area contributed by atoms with Gasteiger partial charge in [-0.3, -0.25) is 0 Å². The van der Waals surface area contributed by atoms with Gasteiger partial charge in [-0.15, -0.1) is 0 Å². The molecule has 2 nitrogen and oxygen atoms in total. The summed E-state index contributed by atoms with van der Waals surface area (Å²) in [6.07, 6.45) is 0. The number of rotatable bonds is 6. The van der Waals surface area contributed by atoms with Crippen molar-refractivity contribution in [3.8, 4) is 0 Å². The highest BCUT2D eigenvalue weighted by atomic mass is 35.5. The van der Waals surface area contributed by atoms with E-state index in [4.69, 9.17) is 27.6 Å². The largest absolute Gasteiger partial charge is 0.463 e. The molecule has 7 heteroatoms. The summed E-state index contributed by atoms with van der Waals surface area (Å²) in [5.41, 5.74) is 0.732. The fourth-order valence-electron chi connectivity index (χ4n) is 1.56. The van der Waals surface area contributed by atoms with Crippen LogP contribution in [0.2, 0.25) is 10.0 Å². The zero-order chi connectivity index (χ0) is 14.5. The molecule has 1 heterocycles. The van der Waals surface area contributed by atoms with Crippen molar-refractivity contribution in [1.82, 2.24) is 0 Å². The number of hydrogen-bond acceptors (Lipinski definition) is 3. The zero-order valence-corrected chi connectivity index (χ0v) is 12.5. The van der Waals surface area contributed by atoms with Crippen LogP contribution >= 0.6 is 35.0 Å². The van der Waals surface area contributed by atoms with Crippen molar-refractivity contribution in [2.75, 3.05) is 5.32 Å². The molecular formula is C13H11Cl2F2NOS. The van der Waals surface area contributed by atoms with E-state index >= 15 is 0 Å². The summed E-state index contributed by atoms with van der Waals surface area (Å²) in [4.78, 5) is 0. The van der Waals surface area contributed by atoms with Gasteiger partial charge in [-0.05, 0) is 30.3 Å². The molecule has 2 aromatic rings. The number of halogens is 4. The van der Waals surface area contributed by atoms with Crippen LogP contribution in [0.1, 0.15) is 11.5 Å². The zero-order valence-electron chi connectivity index (χ0n) is 10.2. The Morgan fingerprint density at radius 3 is 2.60 bits per heavy atom. The van der Waals surface area contributed by atoms with Crippen molar-refractivity contribution < 1.29 is 13.2 Å². The van der Waals surface area contributed by atoms with Gasteiger partial charge in [0.2, 0.25) is 0 Å². The Hall–Kier alpha value is -0.910. The number of benzene rings is 1. The molecule has 0 aliphatic carbocycles. The highest BCUT2D eigenvalue weighted by molar-refractivity contribution is 7.98. The minimum atomic E-state index is -2.39. The van der Waals surface area contributed by atoms with Gasteiger partial charge < -0.3 is 9.73 Å². The molecule has 0 aliphatic rings. The smallest absolute Gasteiger partial charge is 0.284 e. The Morgan fingerprint density at radius 2 is 1.90 bits per heavy atom. The predicted octanol–water partition coefficient (Wildman–Crippen LogP) is 5.65. The fraction of sp³-hybridized carbons (Fsp3) is 0.231. The van der Waals surface area contributed by atoms with E-state index in [1.165, 1.54) is 0 Å². The molecule has 2 rings (SSSR count). The molecule has 1 N–H and O–H groups in total. The molecule has 0 unspecified atom stereocenters. The standard InChI is InChI=1S/C13H11Cl2F2NOS/c14-8-1-4-12(11(15)5-8)18-6-9-2-3-10(19-9)7-20-13(16)17/h1-5,13,18H,6-7H2. The van der Waals surface area contributed by atoms with Crippen LogP contribution in [-0.2, 0) is 12.3 Å². The number of anilines is 1. The summed E-state index contributed by atoms with van der Waals surface area (Å²) < 4.78 is 29.5. The molecule has 0 atom stereocenters. The molecule has 108 valence electrons. The Kier molecular flexibility index (Phi) is 5.57. The van der Waals surface area contributed by atoms with Gasteiger partial charge in [0, 0.05) is 5.02 Å². The van der Waals surface area contributed by atoms with Gasteiger partial charge in [0.15, 0.2) is 0 Å². The van der Waals surface area contributed by atoms with Crippen LogP contribution in [0.15, 0.2) is 34.7 Å².